The van der Waals surface area contributed by atoms with Crippen LogP contribution in [0, 0.1) is 39.9 Å². The SMILES string of the molecule is CC12CCC(=O)C=C1CCC1C2C2(CC2)CC2(C)C(C(=O)COc3nc4ccccc4o3)CCC12. The standard InChI is InChI=1S/C30H35NO4/c1-28-12-11-19(32)15-18(28)7-8-20-21-9-10-22(29(21,2)17-30(13-14-30)26(20)28)24(33)16-34-27-31-23-5-3-4-6-25(23)35-27/h3-6,15,20-22,26H,7-14,16-17H2,1-2H3. The minimum atomic E-state index is 0.0353. The molecular weight excluding hydrogens is 438 g/mol. The number of fused-ring (bicyclic) bond motifs is 7. The fraction of sp³-hybridized carbons (Fsp3) is 0.633. The topological polar surface area (TPSA) is 69.4 Å². The molecule has 5 nitrogen and oxygen atoms in total. The van der Waals surface area contributed by atoms with Crippen molar-refractivity contribution >= 4 is 22.7 Å². The van der Waals surface area contributed by atoms with Crippen LogP contribution in [-0.4, -0.2) is 23.2 Å². The van der Waals surface area contributed by atoms with Crippen LogP contribution in [-0.2, 0) is 9.59 Å². The van der Waals surface area contributed by atoms with Crippen molar-refractivity contribution in [1.29, 1.82) is 0 Å². The number of ether oxygens (including phenoxy) is 1. The summed E-state index contributed by atoms with van der Waals surface area (Å²) >= 11 is 0. The fourth-order valence-electron chi connectivity index (χ4n) is 9.63. The van der Waals surface area contributed by atoms with Crippen molar-refractivity contribution in [1.82, 2.24) is 4.98 Å². The monoisotopic (exact) mass is 473 g/mol. The van der Waals surface area contributed by atoms with Crippen LogP contribution < -0.4 is 4.74 Å². The van der Waals surface area contributed by atoms with Gasteiger partial charge in [0.25, 0.3) is 0 Å². The summed E-state index contributed by atoms with van der Waals surface area (Å²) in [6.07, 6.45) is 12.0. The van der Waals surface area contributed by atoms with Crippen LogP contribution in [0.25, 0.3) is 11.1 Å². The second-order valence-corrected chi connectivity index (χ2v) is 12.7. The molecule has 0 radical (unpaired) electrons. The molecule has 1 aromatic carbocycles. The van der Waals surface area contributed by atoms with Gasteiger partial charge in [0.1, 0.15) is 5.52 Å². The number of rotatable bonds is 4. The van der Waals surface area contributed by atoms with Crippen molar-refractivity contribution in [3.63, 3.8) is 0 Å². The second-order valence-electron chi connectivity index (χ2n) is 12.7. The van der Waals surface area contributed by atoms with E-state index in [0.717, 1.165) is 37.6 Å². The van der Waals surface area contributed by atoms with Gasteiger partial charge in [-0.05, 0) is 104 Å². The Hall–Kier alpha value is -2.43. The molecule has 1 heterocycles. The van der Waals surface area contributed by atoms with E-state index in [1.54, 1.807) is 0 Å². The van der Waals surface area contributed by atoms with E-state index in [1.165, 1.54) is 24.8 Å². The lowest BCUT2D eigenvalue weighted by Crippen LogP contribution is -2.56. The van der Waals surface area contributed by atoms with Crippen LogP contribution in [0.4, 0.5) is 0 Å². The van der Waals surface area contributed by atoms with E-state index in [0.29, 0.717) is 41.0 Å². The highest BCUT2D eigenvalue weighted by Gasteiger charge is 2.70. The number of Topliss-reactive ketones (excluding diaryl/α,β-unsaturated/α-hetero) is 1. The Morgan fingerprint density at radius 2 is 1.94 bits per heavy atom. The minimum Gasteiger partial charge on any atom is -0.442 e. The molecule has 0 amide bonds. The average Bonchev–Trinajstić information content (AvgIpc) is 3.30. The molecule has 4 saturated carbocycles. The van der Waals surface area contributed by atoms with Gasteiger partial charge in [0, 0.05) is 12.3 Å². The number of allylic oxidation sites excluding steroid dienone is 1. The molecule has 1 aromatic heterocycles. The molecule has 1 spiro atoms. The van der Waals surface area contributed by atoms with Crippen LogP contribution in [0.15, 0.2) is 40.3 Å². The number of nitrogens with zero attached hydrogens (tertiary/aromatic N) is 1. The van der Waals surface area contributed by atoms with E-state index < -0.39 is 0 Å². The first-order valence-electron chi connectivity index (χ1n) is 13.6. The average molecular weight is 474 g/mol. The smallest absolute Gasteiger partial charge is 0.395 e. The van der Waals surface area contributed by atoms with Gasteiger partial charge in [0.15, 0.2) is 23.8 Å². The summed E-state index contributed by atoms with van der Waals surface area (Å²) < 4.78 is 11.5. The molecule has 6 unspecified atom stereocenters. The lowest BCUT2D eigenvalue weighted by atomic mass is 9.42. The van der Waals surface area contributed by atoms with Gasteiger partial charge < -0.3 is 9.15 Å². The molecular formula is C30H35NO4. The quantitative estimate of drug-likeness (QED) is 0.520. The second kappa shape index (κ2) is 7.30. The van der Waals surface area contributed by atoms with Gasteiger partial charge in [-0.15, -0.1) is 0 Å². The maximum Gasteiger partial charge on any atom is 0.395 e. The summed E-state index contributed by atoms with van der Waals surface area (Å²) in [5, 5.41) is 0. The molecule has 0 saturated heterocycles. The predicted octanol–water partition coefficient (Wildman–Crippen LogP) is 6.31. The van der Waals surface area contributed by atoms with Gasteiger partial charge in [-0.3, -0.25) is 9.59 Å². The number of hydrogen-bond donors (Lipinski definition) is 0. The highest BCUT2D eigenvalue weighted by Crippen LogP contribution is 2.77. The Balaban J connectivity index is 1.14. The van der Waals surface area contributed by atoms with Crippen LogP contribution in [0.5, 0.6) is 6.08 Å². The van der Waals surface area contributed by atoms with Crippen LogP contribution >= 0.6 is 0 Å². The highest BCUT2D eigenvalue weighted by atomic mass is 16.6. The van der Waals surface area contributed by atoms with Gasteiger partial charge in [0.05, 0.1) is 0 Å². The van der Waals surface area contributed by atoms with Crippen molar-refractivity contribution in [2.24, 2.45) is 39.9 Å². The Bertz CT molecular complexity index is 1220. The van der Waals surface area contributed by atoms with Gasteiger partial charge in [0.2, 0.25) is 0 Å². The normalized spacial score (nSPS) is 39.0. The lowest BCUT2D eigenvalue weighted by molar-refractivity contribution is -0.139. The first-order valence-corrected chi connectivity index (χ1v) is 13.6. The Morgan fingerprint density at radius 3 is 2.74 bits per heavy atom. The first-order chi connectivity index (χ1) is 16.8. The Kier molecular flexibility index (Phi) is 4.55. The van der Waals surface area contributed by atoms with Crippen molar-refractivity contribution < 1.29 is 18.7 Å². The minimum absolute atomic E-state index is 0.0353. The van der Waals surface area contributed by atoms with Gasteiger partial charge in [-0.1, -0.05) is 31.6 Å². The molecule has 5 heteroatoms. The lowest BCUT2D eigenvalue weighted by Gasteiger charge is -2.61. The van der Waals surface area contributed by atoms with Crippen LogP contribution in [0.3, 0.4) is 0 Å². The summed E-state index contributed by atoms with van der Waals surface area (Å²) in [6.45, 7) is 4.92. The molecule has 2 aromatic rings. The summed E-state index contributed by atoms with van der Waals surface area (Å²) in [4.78, 5) is 30.2. The van der Waals surface area contributed by atoms with E-state index >= 15 is 0 Å². The zero-order valence-corrected chi connectivity index (χ0v) is 20.8. The summed E-state index contributed by atoms with van der Waals surface area (Å²) in [5.74, 6) is 2.51. The number of carbonyl (C=O) groups is 2. The largest absolute Gasteiger partial charge is 0.442 e. The van der Waals surface area contributed by atoms with Crippen molar-refractivity contribution in [2.75, 3.05) is 6.61 Å². The number of aromatic nitrogens is 1. The molecule has 6 atom stereocenters. The van der Waals surface area contributed by atoms with Gasteiger partial charge >= 0.3 is 6.08 Å². The van der Waals surface area contributed by atoms with E-state index in [9.17, 15) is 9.59 Å². The third-order valence-electron chi connectivity index (χ3n) is 11.0. The molecule has 35 heavy (non-hydrogen) atoms. The number of hydrogen-bond acceptors (Lipinski definition) is 5. The number of ketones is 2. The molecule has 0 bridgehead atoms. The highest BCUT2D eigenvalue weighted by molar-refractivity contribution is 5.91. The van der Waals surface area contributed by atoms with Crippen LogP contribution in [0.1, 0.15) is 71.6 Å². The molecule has 5 aliphatic rings. The number of benzene rings is 1. The van der Waals surface area contributed by atoms with Crippen molar-refractivity contribution in [3.05, 3.63) is 35.9 Å². The fourth-order valence-corrected chi connectivity index (χ4v) is 9.63. The first kappa shape index (κ1) is 21.8. The van der Waals surface area contributed by atoms with E-state index in [1.807, 2.05) is 30.3 Å². The third kappa shape index (κ3) is 3.09. The number of carbonyl (C=O) groups excluding carboxylic acids is 2. The number of oxazole rings is 1. The Labute approximate surface area is 206 Å². The van der Waals surface area contributed by atoms with Crippen molar-refractivity contribution in [3.8, 4) is 6.08 Å². The third-order valence-corrected chi connectivity index (χ3v) is 11.0. The summed E-state index contributed by atoms with van der Waals surface area (Å²) in [5.41, 5.74) is 3.44. The predicted molar refractivity (Wildman–Crippen MR) is 132 cm³/mol. The van der Waals surface area contributed by atoms with E-state index in [2.05, 4.69) is 18.8 Å². The number of para-hydroxylation sites is 2. The van der Waals surface area contributed by atoms with Crippen LogP contribution in [0.2, 0.25) is 0 Å². The van der Waals surface area contributed by atoms with E-state index in [-0.39, 0.29) is 35.2 Å². The Morgan fingerprint density at radius 1 is 1.11 bits per heavy atom. The summed E-state index contributed by atoms with van der Waals surface area (Å²) in [7, 11) is 0. The molecule has 7 rings (SSSR count). The molecule has 5 aliphatic carbocycles. The van der Waals surface area contributed by atoms with Gasteiger partial charge in [-0.2, -0.15) is 4.98 Å². The maximum absolute atomic E-state index is 13.6. The molecule has 0 aliphatic heterocycles. The van der Waals surface area contributed by atoms with E-state index in [4.69, 9.17) is 9.15 Å². The zero-order chi connectivity index (χ0) is 24.0. The molecule has 184 valence electrons. The van der Waals surface area contributed by atoms with Gasteiger partial charge in [-0.25, -0.2) is 0 Å². The molecule has 0 N–H and O–H groups in total. The van der Waals surface area contributed by atoms with Crippen molar-refractivity contribution in [2.45, 2.75) is 71.6 Å². The molecule has 4 fully saturated rings. The zero-order valence-electron chi connectivity index (χ0n) is 20.8. The maximum atomic E-state index is 13.6. The summed E-state index contributed by atoms with van der Waals surface area (Å²) in [6, 6.07) is 7.57.